The van der Waals surface area contributed by atoms with Crippen molar-refractivity contribution in [3.8, 4) is 0 Å². The lowest BCUT2D eigenvalue weighted by Gasteiger charge is -2.31. The predicted molar refractivity (Wildman–Crippen MR) is 208 cm³/mol. The van der Waals surface area contributed by atoms with Gasteiger partial charge in [-0.05, 0) is 63.8 Å². The highest BCUT2D eigenvalue weighted by Crippen LogP contribution is 2.21. The first kappa shape index (κ1) is 48.3. The van der Waals surface area contributed by atoms with Crippen LogP contribution in [-0.2, 0) is 44.8 Å². The van der Waals surface area contributed by atoms with Crippen molar-refractivity contribution in [2.75, 3.05) is 26.2 Å². The number of rotatable bonds is 26. The summed E-state index contributed by atoms with van der Waals surface area (Å²) in [4.78, 5) is 116. The molecule has 1 aliphatic rings. The third-order valence-electron chi connectivity index (χ3n) is 9.13. The van der Waals surface area contributed by atoms with Crippen LogP contribution in [-0.4, -0.2) is 141 Å². The molecule has 2 rings (SSSR count). The van der Waals surface area contributed by atoms with Gasteiger partial charge in [0.1, 0.15) is 36.3 Å². The number of aromatic amines is 1. The number of likely N-dealkylation sites (tertiary alicyclic amines) is 1. The van der Waals surface area contributed by atoms with Crippen molar-refractivity contribution in [2.45, 2.75) is 114 Å². The van der Waals surface area contributed by atoms with Gasteiger partial charge >= 0.3 is 11.9 Å². The Morgan fingerprint density at radius 2 is 1.50 bits per heavy atom. The third kappa shape index (κ3) is 16.7. The van der Waals surface area contributed by atoms with Crippen molar-refractivity contribution in [2.24, 2.45) is 33.8 Å². The number of carboxylic acids is 2. The molecule has 0 spiro atoms. The van der Waals surface area contributed by atoms with Gasteiger partial charge < -0.3 is 69.6 Å². The van der Waals surface area contributed by atoms with Crippen molar-refractivity contribution < 1.29 is 48.6 Å². The van der Waals surface area contributed by atoms with E-state index in [9.17, 15) is 48.6 Å². The molecule has 6 atom stereocenters. The number of nitrogens with two attached hydrogens (primary N) is 4. The van der Waals surface area contributed by atoms with E-state index in [2.05, 4.69) is 41.5 Å². The van der Waals surface area contributed by atoms with Crippen molar-refractivity contribution in [1.29, 1.82) is 0 Å². The van der Waals surface area contributed by atoms with Crippen LogP contribution in [0.15, 0.2) is 17.5 Å². The topological polar surface area (TPSA) is 386 Å². The summed E-state index contributed by atoms with van der Waals surface area (Å²) in [6, 6.07) is -7.80. The van der Waals surface area contributed by atoms with Gasteiger partial charge in [0, 0.05) is 31.4 Å². The zero-order valence-corrected chi connectivity index (χ0v) is 32.9. The molecule has 0 unspecified atom stereocenters. The molecule has 0 radical (unpaired) electrons. The van der Waals surface area contributed by atoms with E-state index in [-0.39, 0.29) is 63.5 Å². The van der Waals surface area contributed by atoms with E-state index in [1.54, 1.807) is 13.8 Å². The summed E-state index contributed by atoms with van der Waals surface area (Å²) in [6.45, 7) is 3.67. The molecular formula is C35H59N13O10. The molecule has 23 heteroatoms. The number of guanidine groups is 1. The molecule has 1 aliphatic heterocycles. The van der Waals surface area contributed by atoms with Gasteiger partial charge in [0.2, 0.25) is 35.4 Å². The average Bonchev–Trinajstić information content (AvgIpc) is 3.87. The van der Waals surface area contributed by atoms with Crippen molar-refractivity contribution in [3.05, 3.63) is 18.2 Å². The van der Waals surface area contributed by atoms with E-state index in [0.717, 1.165) is 0 Å². The highest BCUT2D eigenvalue weighted by atomic mass is 16.4. The number of hydrogen-bond acceptors (Lipinski definition) is 12. The first-order valence-corrected chi connectivity index (χ1v) is 19.2. The molecule has 0 saturated carbocycles. The maximum Gasteiger partial charge on any atom is 0.326 e. The summed E-state index contributed by atoms with van der Waals surface area (Å²) >= 11 is 0. The highest BCUT2D eigenvalue weighted by molar-refractivity contribution is 5.97. The van der Waals surface area contributed by atoms with Crippen LogP contribution >= 0.6 is 0 Å². The van der Waals surface area contributed by atoms with E-state index >= 15 is 0 Å². The molecule has 16 N–H and O–H groups in total. The number of aromatic nitrogens is 2. The fraction of sp³-hybridized carbons (Fsp3) is 0.657. The summed E-state index contributed by atoms with van der Waals surface area (Å²) in [5, 5.41) is 31.6. The van der Waals surface area contributed by atoms with Crippen LogP contribution in [0.1, 0.15) is 77.3 Å². The van der Waals surface area contributed by atoms with Crippen molar-refractivity contribution in [1.82, 2.24) is 41.5 Å². The van der Waals surface area contributed by atoms with Gasteiger partial charge in [0.05, 0.1) is 19.3 Å². The first-order valence-electron chi connectivity index (χ1n) is 19.2. The van der Waals surface area contributed by atoms with E-state index < -0.39 is 96.6 Å². The molecule has 1 saturated heterocycles. The lowest BCUT2D eigenvalue weighted by atomic mass is 10.0. The first-order chi connectivity index (χ1) is 27.5. The third-order valence-corrected chi connectivity index (χ3v) is 9.13. The Kier molecular flexibility index (Phi) is 20.6. The number of H-pyrrole nitrogens is 1. The van der Waals surface area contributed by atoms with Crippen LogP contribution in [0.5, 0.6) is 0 Å². The number of imidazole rings is 1. The average molecular weight is 822 g/mol. The Bertz CT molecular complexity index is 1590. The number of carboxylic acid groups (broad SMARTS) is 2. The molecule has 6 amide bonds. The minimum atomic E-state index is -1.69. The number of aliphatic imine (C=N–C) groups is 1. The second-order valence-electron chi connectivity index (χ2n) is 14.3. The number of unbranched alkanes of at least 4 members (excludes halogenated alkanes) is 1. The van der Waals surface area contributed by atoms with Gasteiger partial charge in [-0.3, -0.25) is 38.6 Å². The fourth-order valence-electron chi connectivity index (χ4n) is 6.26. The van der Waals surface area contributed by atoms with Crippen molar-refractivity contribution >= 4 is 53.3 Å². The van der Waals surface area contributed by atoms with E-state index in [4.69, 9.17) is 22.9 Å². The predicted octanol–water partition coefficient (Wildman–Crippen LogP) is -3.89. The fourth-order valence-corrected chi connectivity index (χ4v) is 6.26. The summed E-state index contributed by atoms with van der Waals surface area (Å²) in [5.41, 5.74) is 22.4. The summed E-state index contributed by atoms with van der Waals surface area (Å²) in [5.74, 6) is -7.78. The molecule has 1 fully saturated rings. The van der Waals surface area contributed by atoms with Crippen LogP contribution < -0.4 is 49.5 Å². The number of carbonyl (C=O) groups excluding carboxylic acids is 6. The van der Waals surface area contributed by atoms with Gasteiger partial charge in [-0.15, -0.1) is 0 Å². The summed E-state index contributed by atoms with van der Waals surface area (Å²) in [7, 11) is 0. The van der Waals surface area contributed by atoms with Crippen LogP contribution in [0.4, 0.5) is 0 Å². The number of nitrogens with zero attached hydrogens (tertiary/aromatic N) is 3. The van der Waals surface area contributed by atoms with Crippen LogP contribution in [0.2, 0.25) is 0 Å². The Hall–Kier alpha value is -5.84. The normalized spacial score (nSPS) is 16.2. The van der Waals surface area contributed by atoms with E-state index in [1.165, 1.54) is 17.4 Å². The minimum absolute atomic E-state index is 0.00948. The molecule has 23 nitrogen and oxygen atoms in total. The lowest BCUT2D eigenvalue weighted by molar-refractivity contribution is -0.144. The quantitative estimate of drug-likeness (QED) is 0.0242. The molecular weight excluding hydrogens is 762 g/mol. The molecule has 0 bridgehead atoms. The zero-order valence-electron chi connectivity index (χ0n) is 32.9. The highest BCUT2D eigenvalue weighted by Gasteiger charge is 2.40. The molecule has 1 aromatic heterocycles. The van der Waals surface area contributed by atoms with Gasteiger partial charge in [0.25, 0.3) is 0 Å². The minimum Gasteiger partial charge on any atom is -0.481 e. The Morgan fingerprint density at radius 3 is 2.09 bits per heavy atom. The summed E-state index contributed by atoms with van der Waals surface area (Å²) in [6.07, 6.45) is 3.77. The van der Waals surface area contributed by atoms with Crippen molar-refractivity contribution in [3.63, 3.8) is 0 Å². The van der Waals surface area contributed by atoms with Crippen LogP contribution in [0.25, 0.3) is 0 Å². The number of nitrogens with one attached hydrogen (secondary N) is 6. The molecule has 0 aliphatic carbocycles. The Balaban J connectivity index is 2.31. The van der Waals surface area contributed by atoms with E-state index in [1.807, 2.05) is 0 Å². The second-order valence-corrected chi connectivity index (χ2v) is 14.3. The SMILES string of the molecule is CC(C)C[C@H](NC(=O)[C@@H]1CCCN1C(=O)[C@H](CCCN=C(N)N)NC(=O)[C@H](Cc1cnc[nH]1)NC(=O)CN)C(=O)N[C@@H](CC(=O)O)C(=O)N[C@@H](CCCCN)C(=O)O. The smallest absolute Gasteiger partial charge is 0.326 e. The van der Waals surface area contributed by atoms with Gasteiger partial charge in [-0.1, -0.05) is 13.8 Å². The zero-order chi connectivity index (χ0) is 43.4. The Labute approximate surface area is 335 Å². The monoisotopic (exact) mass is 821 g/mol. The largest absolute Gasteiger partial charge is 0.481 e. The number of hydrogen-bond donors (Lipinski definition) is 12. The van der Waals surface area contributed by atoms with Crippen LogP contribution in [0.3, 0.4) is 0 Å². The maximum atomic E-state index is 14.2. The molecule has 324 valence electrons. The standard InChI is InChI=1S/C35H59N13O10/c1-19(2)13-23(29(52)46-25(15-28(50)51)31(54)45-22(34(57)58)7-3-4-10-36)47-32(55)26-9-6-12-48(26)33(56)21(8-5-11-41-35(38)39)44-30(53)24(43-27(49)16-37)14-20-17-40-18-42-20/h17-19,21-26H,3-16,36-37H2,1-2H3,(H,40,42)(H,43,49)(H,44,53)(H,45,54)(H,46,52)(H,47,55)(H,50,51)(H,57,58)(H4,38,39,41)/t21-,22-,23-,24-,25-,26-/m0/s1. The Morgan fingerprint density at radius 1 is 0.862 bits per heavy atom. The number of amides is 6. The molecule has 2 heterocycles. The van der Waals surface area contributed by atoms with Gasteiger partial charge in [-0.25, -0.2) is 9.78 Å². The number of aliphatic carboxylic acids is 2. The maximum absolute atomic E-state index is 14.2. The lowest BCUT2D eigenvalue weighted by Crippen LogP contribution is -2.59. The summed E-state index contributed by atoms with van der Waals surface area (Å²) < 4.78 is 0. The van der Waals surface area contributed by atoms with Gasteiger partial charge in [0.15, 0.2) is 5.96 Å². The molecule has 58 heavy (non-hydrogen) atoms. The second kappa shape index (κ2) is 24.7. The molecule has 0 aromatic carbocycles. The van der Waals surface area contributed by atoms with Gasteiger partial charge in [-0.2, -0.15) is 0 Å². The molecule has 1 aromatic rings. The number of carbonyl (C=O) groups is 8. The van der Waals surface area contributed by atoms with Crippen LogP contribution in [0, 0.1) is 5.92 Å². The van der Waals surface area contributed by atoms with E-state index in [0.29, 0.717) is 31.5 Å².